The van der Waals surface area contributed by atoms with Crippen molar-refractivity contribution in [3.63, 3.8) is 0 Å². The van der Waals surface area contributed by atoms with E-state index < -0.39 is 0 Å². The van der Waals surface area contributed by atoms with Gasteiger partial charge in [0.15, 0.2) is 11.5 Å². The van der Waals surface area contributed by atoms with E-state index in [4.69, 9.17) is 21.1 Å². The summed E-state index contributed by atoms with van der Waals surface area (Å²) in [6, 6.07) is 15.0. The Morgan fingerprint density at radius 1 is 1.07 bits per heavy atom. The molecule has 0 aliphatic heterocycles. The number of rotatable bonds is 7. The van der Waals surface area contributed by atoms with Gasteiger partial charge in [-0.25, -0.2) is 0 Å². The van der Waals surface area contributed by atoms with Crippen molar-refractivity contribution in [3.05, 3.63) is 75.7 Å². The number of para-hydroxylation sites is 1. The number of nitrogens with zero attached hydrogens (tertiary/aromatic N) is 3. The third-order valence-corrected chi connectivity index (χ3v) is 4.85. The summed E-state index contributed by atoms with van der Waals surface area (Å²) in [4.78, 5) is 14.6. The molecule has 0 amide bonds. The molecule has 2 aromatic carbocycles. The van der Waals surface area contributed by atoms with Crippen LogP contribution in [-0.2, 0) is 6.42 Å². The van der Waals surface area contributed by atoms with Crippen LogP contribution < -0.4 is 19.9 Å². The molecule has 0 saturated heterocycles. The lowest BCUT2D eigenvalue weighted by Gasteiger charge is -2.20. The zero-order valence-electron chi connectivity index (χ0n) is 16.1. The number of halogens is 1. The number of ether oxygens (including phenoxy) is 2. The molecule has 146 valence electrons. The van der Waals surface area contributed by atoms with E-state index in [2.05, 4.69) is 5.10 Å². The fourth-order valence-corrected chi connectivity index (χ4v) is 3.17. The highest BCUT2D eigenvalue weighted by Gasteiger charge is 2.14. The van der Waals surface area contributed by atoms with Gasteiger partial charge in [-0.05, 0) is 36.2 Å². The Morgan fingerprint density at radius 3 is 2.46 bits per heavy atom. The van der Waals surface area contributed by atoms with Crippen LogP contribution in [0.4, 0.5) is 5.69 Å². The number of anilines is 1. The molecule has 0 N–H and O–H groups in total. The van der Waals surface area contributed by atoms with Gasteiger partial charge in [0.1, 0.15) is 5.02 Å². The Kier molecular flexibility index (Phi) is 6.21. The molecule has 7 heteroatoms. The van der Waals surface area contributed by atoms with E-state index in [1.165, 1.54) is 4.68 Å². The van der Waals surface area contributed by atoms with E-state index in [0.29, 0.717) is 29.4 Å². The lowest BCUT2D eigenvalue weighted by Crippen LogP contribution is -2.27. The standard InChI is InChI=1S/C21H22ClN3O3/c1-24(12-11-15-9-10-18(27-2)19(13-15)28-3)17-14-23-25(21(26)20(17)22)16-7-5-4-6-8-16/h4-10,13-14H,11-12H2,1-3H3. The van der Waals surface area contributed by atoms with Gasteiger partial charge in [-0.15, -0.1) is 0 Å². The quantitative estimate of drug-likeness (QED) is 0.607. The lowest BCUT2D eigenvalue weighted by molar-refractivity contribution is 0.354. The predicted octanol–water partition coefficient (Wildman–Crippen LogP) is 3.58. The molecule has 28 heavy (non-hydrogen) atoms. The van der Waals surface area contributed by atoms with Gasteiger partial charge in [-0.2, -0.15) is 9.78 Å². The van der Waals surface area contributed by atoms with Crippen LogP contribution in [0.15, 0.2) is 59.5 Å². The van der Waals surface area contributed by atoms with Crippen molar-refractivity contribution in [2.24, 2.45) is 0 Å². The van der Waals surface area contributed by atoms with Crippen LogP contribution >= 0.6 is 11.6 Å². The minimum Gasteiger partial charge on any atom is -0.493 e. The molecule has 0 bridgehead atoms. The highest BCUT2D eigenvalue weighted by atomic mass is 35.5. The molecule has 0 unspecified atom stereocenters. The molecule has 3 rings (SSSR count). The molecule has 0 aliphatic rings. The molecule has 0 fully saturated rings. The van der Waals surface area contributed by atoms with E-state index >= 15 is 0 Å². The third kappa shape index (κ3) is 4.12. The fraction of sp³-hybridized carbons (Fsp3) is 0.238. The summed E-state index contributed by atoms with van der Waals surface area (Å²) < 4.78 is 11.9. The minimum atomic E-state index is -0.344. The van der Waals surface area contributed by atoms with E-state index in [1.807, 2.05) is 60.5 Å². The Labute approximate surface area is 168 Å². The molecule has 1 heterocycles. The topological polar surface area (TPSA) is 56.6 Å². The normalized spacial score (nSPS) is 10.6. The summed E-state index contributed by atoms with van der Waals surface area (Å²) in [6.07, 6.45) is 2.36. The predicted molar refractivity (Wildman–Crippen MR) is 111 cm³/mol. The summed E-state index contributed by atoms with van der Waals surface area (Å²) in [5, 5.41) is 4.42. The number of aromatic nitrogens is 2. The zero-order chi connectivity index (χ0) is 20.1. The molecular weight excluding hydrogens is 378 g/mol. The minimum absolute atomic E-state index is 0.147. The summed E-state index contributed by atoms with van der Waals surface area (Å²) >= 11 is 6.36. The fourth-order valence-electron chi connectivity index (χ4n) is 2.90. The number of likely N-dealkylation sites (N-methyl/N-ethyl adjacent to an activating group) is 1. The average Bonchev–Trinajstić information content (AvgIpc) is 2.74. The summed E-state index contributed by atoms with van der Waals surface area (Å²) in [7, 11) is 5.11. The molecular formula is C21H22ClN3O3. The first kappa shape index (κ1) is 19.8. The maximum Gasteiger partial charge on any atom is 0.292 e. The maximum absolute atomic E-state index is 12.6. The van der Waals surface area contributed by atoms with Crippen molar-refractivity contribution >= 4 is 17.3 Å². The van der Waals surface area contributed by atoms with E-state index in [9.17, 15) is 4.79 Å². The van der Waals surface area contributed by atoms with Crippen molar-refractivity contribution in [2.45, 2.75) is 6.42 Å². The van der Waals surface area contributed by atoms with E-state index in [1.54, 1.807) is 20.4 Å². The summed E-state index contributed by atoms with van der Waals surface area (Å²) in [5.41, 5.74) is 2.02. The van der Waals surface area contributed by atoms with Crippen molar-refractivity contribution < 1.29 is 9.47 Å². The SMILES string of the molecule is COc1ccc(CCN(C)c2cnn(-c3ccccc3)c(=O)c2Cl)cc1OC. The number of hydrogen-bond acceptors (Lipinski definition) is 5. The van der Waals surface area contributed by atoms with Gasteiger partial charge >= 0.3 is 0 Å². The van der Waals surface area contributed by atoms with Gasteiger partial charge in [0.25, 0.3) is 5.56 Å². The van der Waals surface area contributed by atoms with Crippen molar-refractivity contribution in [2.75, 3.05) is 32.7 Å². The van der Waals surface area contributed by atoms with Gasteiger partial charge < -0.3 is 14.4 Å². The van der Waals surface area contributed by atoms with Crippen LogP contribution in [0.2, 0.25) is 5.02 Å². The van der Waals surface area contributed by atoms with Gasteiger partial charge in [-0.1, -0.05) is 35.9 Å². The second-order valence-electron chi connectivity index (χ2n) is 6.26. The van der Waals surface area contributed by atoms with Crippen LogP contribution in [0.3, 0.4) is 0 Å². The number of hydrogen-bond donors (Lipinski definition) is 0. The van der Waals surface area contributed by atoms with Crippen molar-refractivity contribution in [3.8, 4) is 17.2 Å². The number of benzene rings is 2. The Hall–Kier alpha value is -2.99. The summed E-state index contributed by atoms with van der Waals surface area (Å²) in [5.74, 6) is 1.38. The zero-order valence-corrected chi connectivity index (χ0v) is 16.8. The van der Waals surface area contributed by atoms with Crippen LogP contribution in [0.25, 0.3) is 5.69 Å². The maximum atomic E-state index is 12.6. The number of methoxy groups -OCH3 is 2. The first-order valence-corrected chi connectivity index (χ1v) is 9.18. The van der Waals surface area contributed by atoms with Gasteiger partial charge in [0.05, 0.1) is 31.8 Å². The Morgan fingerprint density at radius 2 is 1.79 bits per heavy atom. The van der Waals surface area contributed by atoms with Crippen molar-refractivity contribution in [1.82, 2.24) is 9.78 Å². The van der Waals surface area contributed by atoms with Gasteiger partial charge in [-0.3, -0.25) is 4.79 Å². The van der Waals surface area contributed by atoms with Gasteiger partial charge in [0, 0.05) is 13.6 Å². The summed E-state index contributed by atoms with van der Waals surface area (Å²) in [6.45, 7) is 0.658. The third-order valence-electron chi connectivity index (χ3n) is 4.50. The molecule has 0 atom stereocenters. The Bertz CT molecular complexity index is 1010. The van der Waals surface area contributed by atoms with Gasteiger partial charge in [0.2, 0.25) is 0 Å². The molecule has 0 radical (unpaired) electrons. The molecule has 1 aromatic heterocycles. The lowest BCUT2D eigenvalue weighted by atomic mass is 10.1. The highest BCUT2D eigenvalue weighted by Crippen LogP contribution is 2.28. The molecule has 0 saturated carbocycles. The molecule has 3 aromatic rings. The van der Waals surface area contributed by atoms with E-state index in [0.717, 1.165) is 12.0 Å². The van der Waals surface area contributed by atoms with Crippen LogP contribution in [0, 0.1) is 0 Å². The van der Waals surface area contributed by atoms with Crippen LogP contribution in [0.5, 0.6) is 11.5 Å². The highest BCUT2D eigenvalue weighted by molar-refractivity contribution is 6.33. The van der Waals surface area contributed by atoms with Crippen LogP contribution in [-0.4, -0.2) is 37.6 Å². The first-order valence-electron chi connectivity index (χ1n) is 8.80. The second kappa shape index (κ2) is 8.80. The van der Waals surface area contributed by atoms with E-state index in [-0.39, 0.29) is 10.6 Å². The molecule has 6 nitrogen and oxygen atoms in total. The monoisotopic (exact) mass is 399 g/mol. The van der Waals surface area contributed by atoms with Crippen molar-refractivity contribution in [1.29, 1.82) is 0 Å². The molecule has 0 spiro atoms. The average molecular weight is 400 g/mol. The first-order chi connectivity index (χ1) is 13.5. The largest absolute Gasteiger partial charge is 0.493 e. The van der Waals surface area contributed by atoms with Crippen LogP contribution in [0.1, 0.15) is 5.56 Å². The second-order valence-corrected chi connectivity index (χ2v) is 6.64. The Balaban J connectivity index is 1.77. The molecule has 0 aliphatic carbocycles. The smallest absolute Gasteiger partial charge is 0.292 e.